The van der Waals surface area contributed by atoms with E-state index in [9.17, 15) is 0 Å². The first-order valence-electron chi connectivity index (χ1n) is 4.34. The molecule has 1 atom stereocenters. The van der Waals surface area contributed by atoms with E-state index >= 15 is 0 Å². The maximum atomic E-state index is 5.43. The van der Waals surface area contributed by atoms with Gasteiger partial charge in [-0.2, -0.15) is 0 Å². The van der Waals surface area contributed by atoms with E-state index in [4.69, 9.17) is 11.8 Å². The average molecular weight is 197 g/mol. The summed E-state index contributed by atoms with van der Waals surface area (Å²) in [6.45, 7) is 1.91. The van der Waals surface area contributed by atoms with Crippen LogP contribution in [0.3, 0.4) is 0 Å². The normalized spacial score (nSPS) is 11.2. The Morgan fingerprint density at radius 2 is 1.92 bits per heavy atom. The minimum absolute atomic E-state index is 0.298. The van der Waals surface area contributed by atoms with Gasteiger partial charge in [0.25, 0.3) is 0 Å². The largest absolute Gasteiger partial charge is 0.212 e. The van der Waals surface area contributed by atoms with Gasteiger partial charge in [0.05, 0.1) is 0 Å². The van der Waals surface area contributed by atoms with E-state index in [0.29, 0.717) is 0 Å². The van der Waals surface area contributed by atoms with Crippen LogP contribution in [0.1, 0.15) is 19.8 Å². The summed E-state index contributed by atoms with van der Waals surface area (Å²) in [5.74, 6) is 0. The summed E-state index contributed by atoms with van der Waals surface area (Å²) in [5, 5.41) is 1.36. The first-order valence-corrected chi connectivity index (χ1v) is 6.88. The molecule has 0 radical (unpaired) electrons. The highest BCUT2D eigenvalue weighted by molar-refractivity contribution is 8.08. The Balaban J connectivity index is 2.54. The second kappa shape index (κ2) is 5.40. The number of rotatable bonds is 4. The first kappa shape index (κ1) is 9.83. The zero-order chi connectivity index (χ0) is 8.81. The van der Waals surface area contributed by atoms with Gasteiger partial charge in [0.2, 0.25) is 6.70 Å². The van der Waals surface area contributed by atoms with Crippen molar-refractivity contribution in [3.8, 4) is 0 Å². The van der Waals surface area contributed by atoms with E-state index in [0.717, 1.165) is 0 Å². The molecule has 0 heterocycles. The molecule has 0 saturated heterocycles. The van der Waals surface area contributed by atoms with Crippen molar-refractivity contribution in [2.75, 3.05) is 6.16 Å². The fourth-order valence-corrected chi connectivity index (χ4v) is 3.14. The van der Waals surface area contributed by atoms with Gasteiger partial charge in [-0.1, -0.05) is 31.5 Å². The fraction of sp³-hybridized carbons (Fsp3) is 0.400. The Labute approximate surface area is 80.4 Å². The zero-order valence-electron chi connectivity index (χ0n) is 7.36. The van der Waals surface area contributed by atoms with Gasteiger partial charge >= 0.3 is 0 Å². The molecule has 0 aliphatic heterocycles. The van der Waals surface area contributed by atoms with Gasteiger partial charge in [-0.15, -0.1) is 0 Å². The molecule has 2 heteroatoms. The Morgan fingerprint density at radius 3 is 2.50 bits per heavy atom. The molecular weight excluding hydrogens is 183 g/mol. The third-order valence-electron chi connectivity index (χ3n) is 1.76. The Morgan fingerprint density at radius 1 is 1.25 bits per heavy atom. The lowest BCUT2D eigenvalue weighted by Crippen LogP contribution is -1.96. The lowest BCUT2D eigenvalue weighted by molar-refractivity contribution is 0.895. The molecule has 0 aromatic heterocycles. The molecule has 1 unspecified atom stereocenters. The molecule has 0 saturated carbocycles. The van der Waals surface area contributed by atoms with Crippen molar-refractivity contribution in [2.45, 2.75) is 19.8 Å². The Bertz CT molecular complexity index is 243. The zero-order valence-corrected chi connectivity index (χ0v) is 9.07. The molecule has 0 fully saturated rings. The average Bonchev–Trinajstić information content (AvgIpc) is 2.15. The van der Waals surface area contributed by atoms with Crippen LogP contribution in [0.2, 0.25) is 0 Å². The topological polar surface area (TPSA) is 0 Å². The third kappa shape index (κ3) is 3.00. The lowest BCUT2D eigenvalue weighted by atomic mass is 10.4. The van der Waals surface area contributed by atoms with Crippen LogP contribution in [0.15, 0.2) is 30.3 Å². The van der Waals surface area contributed by atoms with E-state index < -0.39 is 0 Å². The predicted octanol–water partition coefficient (Wildman–Crippen LogP) is 3.06. The molecule has 0 aliphatic rings. The minimum atomic E-state index is -0.298. The summed E-state index contributed by atoms with van der Waals surface area (Å²) in [6, 6.07) is 10.5. The van der Waals surface area contributed by atoms with Gasteiger partial charge in [0, 0.05) is 0 Å². The summed E-state index contributed by atoms with van der Waals surface area (Å²) in [5.41, 5.74) is 0. The van der Waals surface area contributed by atoms with Crippen LogP contribution in [0.5, 0.6) is 0 Å². The maximum absolute atomic E-state index is 5.43. The van der Waals surface area contributed by atoms with Gasteiger partial charge in [-0.3, -0.25) is 0 Å². The van der Waals surface area contributed by atoms with Crippen LogP contribution in [0.25, 0.3) is 0 Å². The SMILES string of the molecule is CCCC[P+](=S)c1ccccc1. The van der Waals surface area contributed by atoms with Crippen molar-refractivity contribution >= 4 is 23.8 Å². The second-order valence-electron chi connectivity index (χ2n) is 2.79. The predicted molar refractivity (Wildman–Crippen MR) is 60.1 cm³/mol. The highest BCUT2D eigenvalue weighted by Gasteiger charge is 2.11. The molecule has 1 aromatic rings. The summed E-state index contributed by atoms with van der Waals surface area (Å²) in [7, 11) is 0. The molecule has 0 aliphatic carbocycles. The quantitative estimate of drug-likeness (QED) is 0.668. The Hall–Kier alpha value is -0.260. The summed E-state index contributed by atoms with van der Waals surface area (Å²) in [4.78, 5) is 0. The van der Waals surface area contributed by atoms with E-state index in [-0.39, 0.29) is 6.70 Å². The van der Waals surface area contributed by atoms with Gasteiger partial charge in [-0.25, -0.2) is 0 Å². The molecule has 0 nitrogen and oxygen atoms in total. The van der Waals surface area contributed by atoms with Crippen molar-refractivity contribution in [2.24, 2.45) is 0 Å². The summed E-state index contributed by atoms with van der Waals surface area (Å²) >= 11 is 5.43. The lowest BCUT2D eigenvalue weighted by Gasteiger charge is -1.90. The van der Waals surface area contributed by atoms with Crippen molar-refractivity contribution in [3.05, 3.63) is 30.3 Å². The molecule has 1 rings (SSSR count). The van der Waals surface area contributed by atoms with Crippen molar-refractivity contribution < 1.29 is 0 Å². The van der Waals surface area contributed by atoms with Crippen molar-refractivity contribution in [1.29, 1.82) is 0 Å². The van der Waals surface area contributed by atoms with E-state index in [1.807, 2.05) is 6.07 Å². The van der Waals surface area contributed by atoms with Crippen LogP contribution < -0.4 is 5.30 Å². The molecular formula is C10H14PS+. The molecule has 0 amide bonds. The number of hydrogen-bond acceptors (Lipinski definition) is 1. The van der Waals surface area contributed by atoms with Gasteiger partial charge in [-0.05, 0) is 18.6 Å². The molecule has 64 valence electrons. The monoisotopic (exact) mass is 197 g/mol. The van der Waals surface area contributed by atoms with Crippen molar-refractivity contribution in [3.63, 3.8) is 0 Å². The van der Waals surface area contributed by atoms with Gasteiger partial charge in [0.15, 0.2) is 17.1 Å². The molecule has 12 heavy (non-hydrogen) atoms. The second-order valence-corrected chi connectivity index (χ2v) is 5.83. The minimum Gasteiger partial charge on any atom is -0.0652 e. The van der Waals surface area contributed by atoms with E-state index in [2.05, 4.69) is 31.2 Å². The highest BCUT2D eigenvalue weighted by atomic mass is 32.4. The summed E-state index contributed by atoms with van der Waals surface area (Å²) in [6.07, 6.45) is 3.72. The molecule has 1 aromatic carbocycles. The maximum Gasteiger partial charge on any atom is 0.212 e. The van der Waals surface area contributed by atoms with Crippen LogP contribution in [0.4, 0.5) is 0 Å². The van der Waals surface area contributed by atoms with Crippen molar-refractivity contribution in [1.82, 2.24) is 0 Å². The van der Waals surface area contributed by atoms with Crippen LogP contribution in [-0.2, 0) is 11.8 Å². The molecule has 0 N–H and O–H groups in total. The van der Waals surface area contributed by atoms with Crippen LogP contribution in [0, 0.1) is 0 Å². The summed E-state index contributed by atoms with van der Waals surface area (Å²) < 4.78 is 0. The number of hydrogen-bond donors (Lipinski definition) is 0. The smallest absolute Gasteiger partial charge is 0.0652 e. The van der Waals surface area contributed by atoms with Gasteiger partial charge < -0.3 is 0 Å². The van der Waals surface area contributed by atoms with Crippen LogP contribution in [-0.4, -0.2) is 6.16 Å². The molecule has 0 spiro atoms. The van der Waals surface area contributed by atoms with Gasteiger partial charge in [0.1, 0.15) is 6.16 Å². The first-order chi connectivity index (χ1) is 5.84. The van der Waals surface area contributed by atoms with E-state index in [1.165, 1.54) is 24.3 Å². The molecule has 0 bridgehead atoms. The highest BCUT2D eigenvalue weighted by Crippen LogP contribution is 2.21. The fourth-order valence-electron chi connectivity index (χ4n) is 1.03. The third-order valence-corrected chi connectivity index (χ3v) is 4.54. The number of unbranched alkanes of at least 4 members (excludes halogenated alkanes) is 1. The van der Waals surface area contributed by atoms with E-state index in [1.54, 1.807) is 0 Å². The Kier molecular flexibility index (Phi) is 4.42. The van der Waals surface area contributed by atoms with Crippen LogP contribution >= 0.6 is 6.70 Å². The standard InChI is InChI=1S/C10H14PS/c1-2-3-9-11(12)10-7-5-4-6-8-10/h4-8H,2-3,9H2,1H3/q+1. The number of benzene rings is 1.